The van der Waals surface area contributed by atoms with Gasteiger partial charge in [-0.3, -0.25) is 0 Å². The zero-order valence-corrected chi connectivity index (χ0v) is 9.56. The molecule has 0 radical (unpaired) electrons. The molecule has 0 aliphatic rings. The van der Waals surface area contributed by atoms with Gasteiger partial charge in [-0.1, -0.05) is 11.6 Å². The topological polar surface area (TPSA) is 32.3 Å². The summed E-state index contributed by atoms with van der Waals surface area (Å²) in [6, 6.07) is 5.49. The Labute approximate surface area is 91.0 Å². The van der Waals surface area contributed by atoms with Crippen LogP contribution in [0.4, 0.5) is 5.69 Å². The monoisotopic (exact) mass is 263 g/mol. The summed E-state index contributed by atoms with van der Waals surface area (Å²) in [5.74, 6) is 0. The van der Waals surface area contributed by atoms with Crippen LogP contribution in [-0.4, -0.2) is 17.8 Å². The summed E-state index contributed by atoms with van der Waals surface area (Å²) in [5, 5.41) is 12.8. The molecule has 1 aromatic rings. The van der Waals surface area contributed by atoms with E-state index < -0.39 is 0 Å². The van der Waals surface area contributed by atoms with Crippen molar-refractivity contribution in [2.75, 3.05) is 11.9 Å². The third kappa shape index (κ3) is 3.55. The third-order valence-electron chi connectivity index (χ3n) is 1.52. The van der Waals surface area contributed by atoms with Crippen molar-refractivity contribution in [2.24, 2.45) is 0 Å². The van der Waals surface area contributed by atoms with Crippen molar-refractivity contribution in [3.05, 3.63) is 27.7 Å². The fourth-order valence-corrected chi connectivity index (χ4v) is 1.45. The van der Waals surface area contributed by atoms with Crippen LogP contribution in [0, 0.1) is 0 Å². The first kappa shape index (κ1) is 10.8. The van der Waals surface area contributed by atoms with Gasteiger partial charge in [-0.2, -0.15) is 0 Å². The number of rotatable bonds is 3. The second kappa shape index (κ2) is 4.84. The Morgan fingerprint density at radius 1 is 1.62 bits per heavy atom. The molecule has 0 aliphatic carbocycles. The maximum Gasteiger partial charge on any atom is 0.0684 e. The van der Waals surface area contributed by atoms with Gasteiger partial charge in [0, 0.05) is 21.7 Å². The van der Waals surface area contributed by atoms with Gasteiger partial charge in [-0.25, -0.2) is 0 Å². The fourth-order valence-electron chi connectivity index (χ4n) is 0.891. The molecule has 0 aromatic heterocycles. The van der Waals surface area contributed by atoms with Crippen molar-refractivity contribution >= 4 is 33.2 Å². The van der Waals surface area contributed by atoms with E-state index in [-0.39, 0.29) is 6.10 Å². The predicted molar refractivity (Wildman–Crippen MR) is 59.3 cm³/mol. The lowest BCUT2D eigenvalue weighted by atomic mass is 10.3. The molecule has 1 atom stereocenters. The molecule has 0 saturated heterocycles. The van der Waals surface area contributed by atoms with Crippen LogP contribution in [0.15, 0.2) is 22.7 Å². The Hall–Kier alpha value is -0.250. The van der Waals surface area contributed by atoms with Crippen LogP contribution in [0.5, 0.6) is 0 Å². The van der Waals surface area contributed by atoms with E-state index in [4.69, 9.17) is 16.7 Å². The Morgan fingerprint density at radius 2 is 2.31 bits per heavy atom. The van der Waals surface area contributed by atoms with Crippen molar-refractivity contribution in [3.63, 3.8) is 0 Å². The minimum Gasteiger partial charge on any atom is -0.392 e. The molecule has 0 amide bonds. The van der Waals surface area contributed by atoms with E-state index in [9.17, 15) is 0 Å². The lowest BCUT2D eigenvalue weighted by Gasteiger charge is -2.10. The summed E-state index contributed by atoms with van der Waals surface area (Å²) in [4.78, 5) is 0. The number of nitrogens with one attached hydrogen (secondary N) is 1. The number of aliphatic hydroxyl groups is 1. The normalized spacial score (nSPS) is 12.6. The van der Waals surface area contributed by atoms with Crippen LogP contribution in [0.3, 0.4) is 0 Å². The Morgan fingerprint density at radius 3 is 2.92 bits per heavy atom. The average molecular weight is 265 g/mol. The van der Waals surface area contributed by atoms with Gasteiger partial charge >= 0.3 is 0 Å². The molecule has 72 valence electrons. The molecule has 4 heteroatoms. The summed E-state index contributed by atoms with van der Waals surface area (Å²) in [6.45, 7) is 2.24. The van der Waals surface area contributed by atoms with Gasteiger partial charge in [0.1, 0.15) is 0 Å². The summed E-state index contributed by atoms with van der Waals surface area (Å²) >= 11 is 9.19. The van der Waals surface area contributed by atoms with Crippen LogP contribution < -0.4 is 5.32 Å². The van der Waals surface area contributed by atoms with E-state index in [0.29, 0.717) is 11.6 Å². The molecule has 1 rings (SSSR count). The van der Waals surface area contributed by atoms with E-state index in [1.54, 1.807) is 13.0 Å². The zero-order chi connectivity index (χ0) is 9.84. The highest BCUT2D eigenvalue weighted by Crippen LogP contribution is 2.25. The molecule has 0 spiro atoms. The second-order valence-corrected chi connectivity index (χ2v) is 4.14. The summed E-state index contributed by atoms with van der Waals surface area (Å²) in [6.07, 6.45) is -0.370. The lowest BCUT2D eigenvalue weighted by molar-refractivity contribution is 0.208. The van der Waals surface area contributed by atoms with Gasteiger partial charge in [0.15, 0.2) is 0 Å². The van der Waals surface area contributed by atoms with Gasteiger partial charge in [0.05, 0.1) is 6.10 Å². The Kier molecular flexibility index (Phi) is 4.03. The van der Waals surface area contributed by atoms with E-state index >= 15 is 0 Å². The molecular weight excluding hydrogens is 253 g/mol. The van der Waals surface area contributed by atoms with Crippen LogP contribution in [0.1, 0.15) is 6.92 Å². The van der Waals surface area contributed by atoms with Crippen molar-refractivity contribution < 1.29 is 5.11 Å². The number of anilines is 1. The number of hydrogen-bond donors (Lipinski definition) is 2. The molecule has 0 fully saturated rings. The average Bonchev–Trinajstić information content (AvgIpc) is 2.06. The Balaban J connectivity index is 2.70. The van der Waals surface area contributed by atoms with Crippen molar-refractivity contribution in [1.29, 1.82) is 0 Å². The van der Waals surface area contributed by atoms with Gasteiger partial charge < -0.3 is 10.4 Å². The molecule has 2 N–H and O–H groups in total. The SMILES string of the molecule is C[C@@H](O)CNc1cc(Cl)ccc1Br. The first-order chi connectivity index (χ1) is 6.09. The van der Waals surface area contributed by atoms with E-state index in [0.717, 1.165) is 10.2 Å². The third-order valence-corrected chi connectivity index (χ3v) is 2.44. The summed E-state index contributed by atoms with van der Waals surface area (Å²) in [5.41, 5.74) is 0.897. The highest BCUT2D eigenvalue weighted by Gasteiger charge is 2.01. The quantitative estimate of drug-likeness (QED) is 0.880. The van der Waals surface area contributed by atoms with Crippen molar-refractivity contribution in [2.45, 2.75) is 13.0 Å². The summed E-state index contributed by atoms with van der Waals surface area (Å²) in [7, 11) is 0. The van der Waals surface area contributed by atoms with Crippen LogP contribution in [0.25, 0.3) is 0 Å². The highest BCUT2D eigenvalue weighted by molar-refractivity contribution is 9.10. The maximum absolute atomic E-state index is 9.06. The van der Waals surface area contributed by atoms with E-state index in [2.05, 4.69) is 21.2 Å². The molecule has 0 heterocycles. The number of hydrogen-bond acceptors (Lipinski definition) is 2. The number of halogens is 2. The highest BCUT2D eigenvalue weighted by atomic mass is 79.9. The lowest BCUT2D eigenvalue weighted by Crippen LogP contribution is -2.15. The molecular formula is C9H11BrClNO. The molecule has 0 bridgehead atoms. The molecule has 0 unspecified atom stereocenters. The Bertz CT molecular complexity index is 291. The van der Waals surface area contributed by atoms with Crippen LogP contribution in [-0.2, 0) is 0 Å². The van der Waals surface area contributed by atoms with E-state index in [1.165, 1.54) is 0 Å². The molecule has 0 aliphatic heterocycles. The maximum atomic E-state index is 9.06. The van der Waals surface area contributed by atoms with Gasteiger partial charge in [-0.15, -0.1) is 0 Å². The zero-order valence-electron chi connectivity index (χ0n) is 7.22. The van der Waals surface area contributed by atoms with Crippen molar-refractivity contribution in [3.8, 4) is 0 Å². The standard InChI is InChI=1S/C9H11BrClNO/c1-6(13)5-12-9-4-7(11)2-3-8(9)10/h2-4,6,12-13H,5H2,1H3/t6-/m1/s1. The number of aliphatic hydroxyl groups excluding tert-OH is 1. The van der Waals surface area contributed by atoms with Gasteiger partial charge in [0.25, 0.3) is 0 Å². The molecule has 0 saturated carbocycles. The van der Waals surface area contributed by atoms with E-state index in [1.807, 2.05) is 12.1 Å². The van der Waals surface area contributed by atoms with Gasteiger partial charge in [0.2, 0.25) is 0 Å². The van der Waals surface area contributed by atoms with Crippen molar-refractivity contribution in [1.82, 2.24) is 0 Å². The predicted octanol–water partition coefficient (Wildman–Crippen LogP) is 2.90. The molecule has 13 heavy (non-hydrogen) atoms. The first-order valence-corrected chi connectivity index (χ1v) is 5.13. The fraction of sp³-hybridized carbons (Fsp3) is 0.333. The molecule has 2 nitrogen and oxygen atoms in total. The first-order valence-electron chi connectivity index (χ1n) is 3.96. The minimum atomic E-state index is -0.370. The molecule has 1 aromatic carbocycles. The smallest absolute Gasteiger partial charge is 0.0684 e. The summed E-state index contributed by atoms with van der Waals surface area (Å²) < 4.78 is 0.942. The van der Waals surface area contributed by atoms with Gasteiger partial charge in [-0.05, 0) is 41.1 Å². The second-order valence-electron chi connectivity index (χ2n) is 2.85. The van der Waals surface area contributed by atoms with Crippen LogP contribution >= 0.6 is 27.5 Å². The largest absolute Gasteiger partial charge is 0.392 e. The minimum absolute atomic E-state index is 0.370. The number of benzene rings is 1. The van der Waals surface area contributed by atoms with Crippen LogP contribution in [0.2, 0.25) is 5.02 Å².